The van der Waals surface area contributed by atoms with Crippen molar-refractivity contribution in [1.29, 1.82) is 0 Å². The molecule has 1 heterocycles. The Bertz CT molecular complexity index is 631. The first kappa shape index (κ1) is 16.1. The van der Waals surface area contributed by atoms with Gasteiger partial charge < -0.3 is 10.0 Å². The molecule has 1 saturated heterocycles. The molecule has 1 atom stereocenters. The van der Waals surface area contributed by atoms with E-state index < -0.39 is 32.8 Å². The highest BCUT2D eigenvalue weighted by Crippen LogP contribution is 2.38. The van der Waals surface area contributed by atoms with Crippen LogP contribution in [-0.4, -0.2) is 32.7 Å². The maximum absolute atomic E-state index is 13.1. The molecule has 0 bridgehead atoms. The van der Waals surface area contributed by atoms with Gasteiger partial charge in [0.15, 0.2) is 0 Å². The van der Waals surface area contributed by atoms with Crippen LogP contribution in [0.5, 0.6) is 0 Å². The Balaban J connectivity index is 2.50. The maximum atomic E-state index is 13.1. The van der Waals surface area contributed by atoms with E-state index in [1.807, 2.05) is 0 Å². The van der Waals surface area contributed by atoms with Crippen LogP contribution >= 0.6 is 0 Å². The van der Waals surface area contributed by atoms with Crippen molar-refractivity contribution in [2.24, 2.45) is 5.14 Å². The summed E-state index contributed by atoms with van der Waals surface area (Å²) in [4.78, 5) is 0.820. The first-order valence-electron chi connectivity index (χ1n) is 6.26. The highest BCUT2D eigenvalue weighted by molar-refractivity contribution is 7.89. The standard InChI is InChI=1S/C12H15F3N2O3S/c13-12(14,15)10-6-9(21(16,19)20)3-4-11(10)17-5-1-2-8(18)7-17/h3-4,6,8,18H,1-2,5,7H2,(H2,16,19,20)/t8-/m1/s1. The average molecular weight is 324 g/mol. The Kier molecular flexibility index (Phi) is 4.18. The summed E-state index contributed by atoms with van der Waals surface area (Å²) in [7, 11) is -4.21. The SMILES string of the molecule is NS(=O)(=O)c1ccc(N2CCC[C@@H](O)C2)c(C(F)(F)F)c1. The molecule has 0 radical (unpaired) electrons. The third-order valence-electron chi connectivity index (χ3n) is 3.34. The largest absolute Gasteiger partial charge is 0.418 e. The molecule has 1 aliphatic heterocycles. The van der Waals surface area contributed by atoms with E-state index in [-0.39, 0.29) is 12.2 Å². The van der Waals surface area contributed by atoms with E-state index in [2.05, 4.69) is 0 Å². The van der Waals surface area contributed by atoms with Crippen LogP contribution in [0.4, 0.5) is 18.9 Å². The van der Waals surface area contributed by atoms with E-state index in [4.69, 9.17) is 5.14 Å². The number of aliphatic hydroxyl groups excluding tert-OH is 1. The minimum Gasteiger partial charge on any atom is -0.391 e. The van der Waals surface area contributed by atoms with Crippen molar-refractivity contribution in [3.8, 4) is 0 Å². The third kappa shape index (κ3) is 3.66. The van der Waals surface area contributed by atoms with E-state index >= 15 is 0 Å². The molecule has 9 heteroatoms. The van der Waals surface area contributed by atoms with Crippen LogP contribution in [0.2, 0.25) is 0 Å². The molecule has 1 aromatic rings. The quantitative estimate of drug-likeness (QED) is 0.859. The lowest BCUT2D eigenvalue weighted by Gasteiger charge is -2.33. The van der Waals surface area contributed by atoms with E-state index in [1.54, 1.807) is 0 Å². The molecule has 1 fully saturated rings. The number of aliphatic hydroxyl groups is 1. The van der Waals surface area contributed by atoms with Crippen LogP contribution in [0, 0.1) is 0 Å². The second kappa shape index (κ2) is 5.47. The molecule has 21 heavy (non-hydrogen) atoms. The van der Waals surface area contributed by atoms with Gasteiger partial charge >= 0.3 is 6.18 Å². The van der Waals surface area contributed by atoms with Crippen molar-refractivity contribution in [3.05, 3.63) is 23.8 Å². The monoisotopic (exact) mass is 324 g/mol. The lowest BCUT2D eigenvalue weighted by atomic mass is 10.1. The molecule has 0 aliphatic carbocycles. The number of hydrogen-bond donors (Lipinski definition) is 2. The summed E-state index contributed by atoms with van der Waals surface area (Å²) in [5.41, 5.74) is -1.21. The number of halogens is 3. The predicted octanol–water partition coefficient (Wildman–Crippen LogP) is 1.31. The predicted molar refractivity (Wildman–Crippen MR) is 70.3 cm³/mol. The zero-order valence-electron chi connectivity index (χ0n) is 11.0. The molecule has 1 aliphatic rings. The molecule has 5 nitrogen and oxygen atoms in total. The first-order chi connectivity index (χ1) is 9.59. The van der Waals surface area contributed by atoms with Crippen molar-refractivity contribution in [1.82, 2.24) is 0 Å². The minimum atomic E-state index is -4.71. The zero-order chi connectivity index (χ0) is 15.8. The fraction of sp³-hybridized carbons (Fsp3) is 0.500. The van der Waals surface area contributed by atoms with Gasteiger partial charge in [0.2, 0.25) is 10.0 Å². The number of rotatable bonds is 2. The van der Waals surface area contributed by atoms with E-state index in [1.165, 1.54) is 4.90 Å². The van der Waals surface area contributed by atoms with E-state index in [9.17, 15) is 26.7 Å². The van der Waals surface area contributed by atoms with Crippen molar-refractivity contribution >= 4 is 15.7 Å². The second-order valence-electron chi connectivity index (χ2n) is 4.96. The van der Waals surface area contributed by atoms with Crippen LogP contribution < -0.4 is 10.0 Å². The molecule has 1 aromatic carbocycles. The van der Waals surface area contributed by atoms with Gasteiger partial charge in [0, 0.05) is 18.8 Å². The van der Waals surface area contributed by atoms with Crippen molar-refractivity contribution in [3.63, 3.8) is 0 Å². The number of alkyl halides is 3. The number of β-amino-alcohol motifs (C(OH)–C–C–N with tert-alkyl or cyclic N) is 1. The maximum Gasteiger partial charge on any atom is 0.418 e. The summed E-state index contributed by atoms with van der Waals surface area (Å²) in [6.45, 7) is 0.451. The number of primary sulfonamides is 1. The molecule has 0 unspecified atom stereocenters. The van der Waals surface area contributed by atoms with Gasteiger partial charge in [-0.05, 0) is 31.0 Å². The van der Waals surface area contributed by atoms with Gasteiger partial charge in [0.25, 0.3) is 0 Å². The highest BCUT2D eigenvalue weighted by Gasteiger charge is 2.36. The van der Waals surface area contributed by atoms with Crippen LogP contribution in [0.1, 0.15) is 18.4 Å². The minimum absolute atomic E-state index is 0.0812. The summed E-state index contributed by atoms with van der Waals surface area (Å²) >= 11 is 0. The van der Waals surface area contributed by atoms with Gasteiger partial charge in [0.1, 0.15) is 0 Å². The van der Waals surface area contributed by atoms with Crippen LogP contribution in [-0.2, 0) is 16.2 Å². The molecular weight excluding hydrogens is 309 g/mol. The molecule has 0 spiro atoms. The van der Waals surface area contributed by atoms with E-state index in [0.717, 1.165) is 12.1 Å². The normalized spacial score (nSPS) is 20.6. The number of hydrogen-bond acceptors (Lipinski definition) is 4. The Morgan fingerprint density at radius 1 is 1.33 bits per heavy atom. The van der Waals surface area contributed by atoms with E-state index in [0.29, 0.717) is 25.5 Å². The highest BCUT2D eigenvalue weighted by atomic mass is 32.2. The Morgan fingerprint density at radius 3 is 2.52 bits per heavy atom. The summed E-state index contributed by atoms with van der Waals surface area (Å²) < 4.78 is 61.8. The second-order valence-corrected chi connectivity index (χ2v) is 6.53. The Morgan fingerprint density at radius 2 is 2.00 bits per heavy atom. The van der Waals surface area contributed by atoms with Gasteiger partial charge in [-0.1, -0.05) is 0 Å². The van der Waals surface area contributed by atoms with Crippen LogP contribution in [0.15, 0.2) is 23.1 Å². The molecule has 2 rings (SSSR count). The number of nitrogens with zero attached hydrogens (tertiary/aromatic N) is 1. The lowest BCUT2D eigenvalue weighted by molar-refractivity contribution is -0.137. The zero-order valence-corrected chi connectivity index (χ0v) is 11.8. The summed E-state index contributed by atoms with van der Waals surface area (Å²) in [5.74, 6) is 0. The van der Waals surface area contributed by atoms with Crippen LogP contribution in [0.25, 0.3) is 0 Å². The Labute approximate surface area is 120 Å². The molecule has 0 aromatic heterocycles. The number of piperidine rings is 1. The fourth-order valence-electron chi connectivity index (χ4n) is 2.37. The fourth-order valence-corrected chi connectivity index (χ4v) is 2.91. The first-order valence-corrected chi connectivity index (χ1v) is 7.81. The summed E-state index contributed by atoms with van der Waals surface area (Å²) in [5, 5.41) is 14.5. The molecular formula is C12H15F3N2O3S. The number of anilines is 1. The van der Waals surface area contributed by atoms with Crippen molar-refractivity contribution in [2.75, 3.05) is 18.0 Å². The van der Waals surface area contributed by atoms with Gasteiger partial charge in [-0.3, -0.25) is 0 Å². The van der Waals surface area contributed by atoms with Gasteiger partial charge in [0.05, 0.1) is 16.6 Å². The number of nitrogens with two attached hydrogens (primary N) is 1. The Hall–Kier alpha value is -1.32. The van der Waals surface area contributed by atoms with Crippen molar-refractivity contribution in [2.45, 2.75) is 30.0 Å². The summed E-state index contributed by atoms with van der Waals surface area (Å²) in [6, 6.07) is 2.66. The van der Waals surface area contributed by atoms with Gasteiger partial charge in [-0.2, -0.15) is 13.2 Å². The molecule has 0 saturated carbocycles. The smallest absolute Gasteiger partial charge is 0.391 e. The molecule has 118 valence electrons. The topological polar surface area (TPSA) is 83.6 Å². The molecule has 3 N–H and O–H groups in total. The summed E-state index contributed by atoms with van der Waals surface area (Å²) in [6.07, 6.45) is -4.31. The number of sulfonamides is 1. The van der Waals surface area contributed by atoms with Crippen LogP contribution in [0.3, 0.4) is 0 Å². The third-order valence-corrected chi connectivity index (χ3v) is 4.25. The number of benzene rings is 1. The van der Waals surface area contributed by atoms with Gasteiger partial charge in [-0.15, -0.1) is 0 Å². The molecule has 0 amide bonds. The lowest BCUT2D eigenvalue weighted by Crippen LogP contribution is -2.39. The average Bonchev–Trinajstić information content (AvgIpc) is 2.36. The van der Waals surface area contributed by atoms with Crippen molar-refractivity contribution < 1.29 is 26.7 Å². The van der Waals surface area contributed by atoms with Gasteiger partial charge in [-0.25, -0.2) is 13.6 Å².